The first kappa shape index (κ1) is 22.9. The van der Waals surface area contributed by atoms with Crippen LogP contribution in [0.15, 0.2) is 53.7 Å². The van der Waals surface area contributed by atoms with E-state index in [9.17, 15) is 18.4 Å². The average Bonchev–Trinajstić information content (AvgIpc) is 2.62. The summed E-state index contributed by atoms with van der Waals surface area (Å²) in [5.41, 5.74) is 0.867. The van der Waals surface area contributed by atoms with Gasteiger partial charge in [0.15, 0.2) is 0 Å². The van der Waals surface area contributed by atoms with Gasteiger partial charge in [-0.3, -0.25) is 4.79 Å². The summed E-state index contributed by atoms with van der Waals surface area (Å²) in [5, 5.41) is 0.440. The number of rotatable bonds is 4. The van der Waals surface area contributed by atoms with E-state index < -0.39 is 29.1 Å². The molecule has 2 aromatic rings. The average molecular weight is 448 g/mol. The van der Waals surface area contributed by atoms with Gasteiger partial charge in [0.1, 0.15) is 17.2 Å². The number of esters is 1. The molecule has 0 radical (unpaired) electrons. The maximum absolute atomic E-state index is 13.7. The van der Waals surface area contributed by atoms with E-state index in [1.807, 2.05) is 0 Å². The van der Waals surface area contributed by atoms with Gasteiger partial charge in [-0.2, -0.15) is 0 Å². The number of allylic oxidation sites excluding steroid dienone is 1. The Kier molecular flexibility index (Phi) is 6.51. The van der Waals surface area contributed by atoms with Gasteiger partial charge >= 0.3 is 5.97 Å². The molecule has 0 spiro atoms. The highest BCUT2D eigenvalue weighted by Gasteiger charge is 2.38. The molecular weight excluding hydrogens is 424 g/mol. The van der Waals surface area contributed by atoms with Gasteiger partial charge in [-0.1, -0.05) is 29.8 Å². The largest absolute Gasteiger partial charge is 0.457 e. The summed E-state index contributed by atoms with van der Waals surface area (Å²) in [6.07, 6.45) is -0.0204. The van der Waals surface area contributed by atoms with Crippen molar-refractivity contribution in [3.05, 3.63) is 81.5 Å². The van der Waals surface area contributed by atoms with Crippen molar-refractivity contribution in [3.8, 4) is 0 Å². The standard InChI is InChI=1S/C24H24ClF2NO3/c1-14-22(23(30)31-24(2,3)4)19(18-7-5-6-8-20(18)25)12-21(29)28(14)13-15-9-16(26)11-17(27)10-15/h5-11,19H,12-13H2,1-4H3. The number of amides is 1. The van der Waals surface area contributed by atoms with Crippen LogP contribution in [0.5, 0.6) is 0 Å². The lowest BCUT2D eigenvalue weighted by Crippen LogP contribution is -2.39. The van der Waals surface area contributed by atoms with Crippen LogP contribution in [-0.4, -0.2) is 22.4 Å². The molecule has 2 aromatic carbocycles. The van der Waals surface area contributed by atoms with E-state index in [0.717, 1.165) is 18.2 Å². The van der Waals surface area contributed by atoms with Gasteiger partial charge in [-0.25, -0.2) is 13.6 Å². The minimum Gasteiger partial charge on any atom is -0.457 e. The third kappa shape index (κ3) is 5.31. The van der Waals surface area contributed by atoms with Gasteiger partial charge in [0.2, 0.25) is 5.91 Å². The lowest BCUT2D eigenvalue weighted by molar-refractivity contribution is -0.150. The summed E-state index contributed by atoms with van der Waals surface area (Å²) >= 11 is 6.37. The molecule has 0 bridgehead atoms. The van der Waals surface area contributed by atoms with Crippen molar-refractivity contribution in [1.29, 1.82) is 0 Å². The Bertz CT molecular complexity index is 1040. The predicted octanol–water partition coefficient (Wildman–Crippen LogP) is 5.75. The Morgan fingerprint density at radius 2 is 1.77 bits per heavy atom. The molecule has 1 atom stereocenters. The van der Waals surface area contributed by atoms with Crippen LogP contribution >= 0.6 is 11.6 Å². The van der Waals surface area contributed by atoms with Crippen molar-refractivity contribution in [3.63, 3.8) is 0 Å². The first-order chi connectivity index (χ1) is 14.5. The Morgan fingerprint density at radius 3 is 2.35 bits per heavy atom. The van der Waals surface area contributed by atoms with Gasteiger partial charge in [-0.05, 0) is 57.0 Å². The van der Waals surface area contributed by atoms with Crippen LogP contribution in [0.3, 0.4) is 0 Å². The number of halogens is 3. The Balaban J connectivity index is 2.08. The van der Waals surface area contributed by atoms with E-state index in [4.69, 9.17) is 16.3 Å². The van der Waals surface area contributed by atoms with E-state index in [1.54, 1.807) is 52.0 Å². The summed E-state index contributed by atoms with van der Waals surface area (Å²) in [6, 6.07) is 10.1. The van der Waals surface area contributed by atoms with Gasteiger partial charge in [0.05, 0.1) is 12.1 Å². The number of nitrogens with zero attached hydrogens (tertiary/aromatic N) is 1. The second kappa shape index (κ2) is 8.79. The number of ether oxygens (including phenoxy) is 1. The van der Waals surface area contributed by atoms with Crippen molar-refractivity contribution in [2.24, 2.45) is 0 Å². The van der Waals surface area contributed by atoms with Gasteiger partial charge in [-0.15, -0.1) is 0 Å². The molecule has 1 aliphatic rings. The molecule has 1 aliphatic heterocycles. The first-order valence-corrected chi connectivity index (χ1v) is 10.3. The summed E-state index contributed by atoms with van der Waals surface area (Å²) < 4.78 is 32.9. The molecule has 1 amide bonds. The lowest BCUT2D eigenvalue weighted by atomic mass is 9.83. The van der Waals surface area contributed by atoms with Crippen molar-refractivity contribution in [2.75, 3.05) is 0 Å². The molecule has 7 heteroatoms. The van der Waals surface area contributed by atoms with E-state index in [0.29, 0.717) is 21.9 Å². The fourth-order valence-electron chi connectivity index (χ4n) is 3.71. The topological polar surface area (TPSA) is 46.6 Å². The minimum atomic E-state index is -0.743. The van der Waals surface area contributed by atoms with E-state index in [-0.39, 0.29) is 24.4 Å². The van der Waals surface area contributed by atoms with Gasteiger partial charge in [0, 0.05) is 29.1 Å². The van der Waals surface area contributed by atoms with Gasteiger partial charge < -0.3 is 9.64 Å². The lowest BCUT2D eigenvalue weighted by Gasteiger charge is -2.35. The Hall–Kier alpha value is -2.73. The molecule has 0 aliphatic carbocycles. The smallest absolute Gasteiger partial charge is 0.336 e. The van der Waals surface area contributed by atoms with Gasteiger partial charge in [0.25, 0.3) is 0 Å². The van der Waals surface area contributed by atoms with Crippen LogP contribution in [0.2, 0.25) is 5.02 Å². The molecule has 0 N–H and O–H groups in total. The summed E-state index contributed by atoms with van der Waals surface area (Å²) in [5.74, 6) is -2.89. The number of carbonyl (C=O) groups is 2. The van der Waals surface area contributed by atoms with E-state index >= 15 is 0 Å². The molecule has 1 unspecified atom stereocenters. The number of hydrogen-bond donors (Lipinski definition) is 0. The summed E-state index contributed by atoms with van der Waals surface area (Å²) in [4.78, 5) is 27.5. The third-order valence-corrected chi connectivity index (χ3v) is 5.33. The molecule has 0 saturated carbocycles. The third-order valence-electron chi connectivity index (χ3n) is 4.99. The second-order valence-corrected chi connectivity index (χ2v) is 8.94. The van der Waals surface area contributed by atoms with Crippen molar-refractivity contribution < 1.29 is 23.1 Å². The summed E-state index contributed by atoms with van der Waals surface area (Å²) in [7, 11) is 0. The normalized spacial score (nSPS) is 17.2. The number of hydrogen-bond acceptors (Lipinski definition) is 3. The van der Waals surface area contributed by atoms with Crippen LogP contribution in [0, 0.1) is 11.6 Å². The van der Waals surface area contributed by atoms with Crippen LogP contribution in [0.1, 0.15) is 51.2 Å². The fraction of sp³-hybridized carbons (Fsp3) is 0.333. The van der Waals surface area contributed by atoms with E-state index in [2.05, 4.69) is 0 Å². The zero-order valence-electron chi connectivity index (χ0n) is 17.8. The maximum atomic E-state index is 13.7. The quantitative estimate of drug-likeness (QED) is 0.560. The molecule has 31 heavy (non-hydrogen) atoms. The molecule has 0 saturated heterocycles. The molecule has 0 fully saturated rings. The molecule has 164 valence electrons. The van der Waals surface area contributed by atoms with Crippen LogP contribution in [0.25, 0.3) is 0 Å². The van der Waals surface area contributed by atoms with Crippen molar-refractivity contribution in [2.45, 2.75) is 52.2 Å². The van der Waals surface area contributed by atoms with Crippen LogP contribution in [-0.2, 0) is 20.9 Å². The monoisotopic (exact) mass is 447 g/mol. The number of benzene rings is 2. The molecule has 4 nitrogen and oxygen atoms in total. The van der Waals surface area contributed by atoms with Crippen molar-refractivity contribution >= 4 is 23.5 Å². The Labute approximate surface area is 185 Å². The highest BCUT2D eigenvalue weighted by atomic mass is 35.5. The maximum Gasteiger partial charge on any atom is 0.336 e. The van der Waals surface area contributed by atoms with Crippen LogP contribution in [0.4, 0.5) is 8.78 Å². The van der Waals surface area contributed by atoms with E-state index in [1.165, 1.54) is 4.90 Å². The highest BCUT2D eigenvalue weighted by molar-refractivity contribution is 6.31. The highest BCUT2D eigenvalue weighted by Crippen LogP contribution is 2.40. The molecular formula is C24H24ClF2NO3. The van der Waals surface area contributed by atoms with Crippen LogP contribution < -0.4 is 0 Å². The zero-order valence-corrected chi connectivity index (χ0v) is 18.6. The number of carbonyl (C=O) groups excluding carboxylic acids is 2. The predicted molar refractivity (Wildman–Crippen MR) is 114 cm³/mol. The fourth-order valence-corrected chi connectivity index (χ4v) is 3.98. The molecule has 3 rings (SSSR count). The van der Waals surface area contributed by atoms with Crippen molar-refractivity contribution in [1.82, 2.24) is 4.90 Å². The second-order valence-electron chi connectivity index (χ2n) is 8.54. The molecule has 1 heterocycles. The summed E-state index contributed by atoms with van der Waals surface area (Å²) in [6.45, 7) is 6.84. The molecule has 0 aromatic heterocycles. The zero-order chi connectivity index (χ0) is 22.9. The Morgan fingerprint density at radius 1 is 1.16 bits per heavy atom. The SMILES string of the molecule is CC1=C(C(=O)OC(C)(C)C)C(c2ccccc2Cl)CC(=O)N1Cc1cc(F)cc(F)c1. The first-order valence-electron chi connectivity index (χ1n) is 9.90. The minimum absolute atomic E-state index is 0.0204.